The van der Waals surface area contributed by atoms with E-state index in [1.807, 2.05) is 12.1 Å². The van der Waals surface area contributed by atoms with Crippen molar-refractivity contribution in [2.24, 2.45) is 0 Å². The number of hydrogen-bond acceptors (Lipinski definition) is 4. The Morgan fingerprint density at radius 2 is 2.43 bits per heavy atom. The second kappa shape index (κ2) is 4.23. The van der Waals surface area contributed by atoms with Crippen LogP contribution >= 0.6 is 15.9 Å². The Labute approximate surface area is 89.5 Å². The summed E-state index contributed by atoms with van der Waals surface area (Å²) in [5, 5.41) is 3.12. The SMILES string of the molecule is Brc1cncnc1NCc1ccco1. The van der Waals surface area contributed by atoms with E-state index in [-0.39, 0.29) is 0 Å². The number of furan rings is 1. The van der Waals surface area contributed by atoms with Gasteiger partial charge >= 0.3 is 0 Å². The number of nitrogens with one attached hydrogen (secondary N) is 1. The fraction of sp³-hybridized carbons (Fsp3) is 0.111. The molecule has 0 bridgehead atoms. The third-order valence-corrected chi connectivity index (χ3v) is 2.26. The first-order valence-corrected chi connectivity index (χ1v) is 4.87. The molecular weight excluding hydrogens is 246 g/mol. The fourth-order valence-corrected chi connectivity index (χ4v) is 1.39. The maximum Gasteiger partial charge on any atom is 0.144 e. The number of nitrogens with zero attached hydrogens (tertiary/aromatic N) is 2. The van der Waals surface area contributed by atoms with E-state index >= 15 is 0 Å². The number of aromatic nitrogens is 2. The smallest absolute Gasteiger partial charge is 0.144 e. The number of anilines is 1. The molecule has 0 saturated carbocycles. The van der Waals surface area contributed by atoms with Crippen LogP contribution in [0.4, 0.5) is 5.82 Å². The van der Waals surface area contributed by atoms with Crippen LogP contribution in [0.25, 0.3) is 0 Å². The molecule has 5 heteroatoms. The van der Waals surface area contributed by atoms with Gasteiger partial charge in [-0.25, -0.2) is 9.97 Å². The molecule has 1 N–H and O–H groups in total. The molecule has 72 valence electrons. The van der Waals surface area contributed by atoms with Crippen LogP contribution in [-0.4, -0.2) is 9.97 Å². The minimum atomic E-state index is 0.614. The lowest BCUT2D eigenvalue weighted by Gasteiger charge is -2.03. The van der Waals surface area contributed by atoms with Gasteiger partial charge in [-0.3, -0.25) is 0 Å². The zero-order valence-electron chi connectivity index (χ0n) is 7.27. The standard InChI is InChI=1S/C9H8BrN3O/c10-8-5-11-6-13-9(8)12-4-7-2-1-3-14-7/h1-3,5-6H,4H2,(H,11,12,13). The molecule has 0 atom stereocenters. The summed E-state index contributed by atoms with van der Waals surface area (Å²) >= 11 is 3.34. The Balaban J connectivity index is 2.02. The van der Waals surface area contributed by atoms with Crippen molar-refractivity contribution in [2.75, 3.05) is 5.32 Å². The molecular formula is C9H8BrN3O. The second-order valence-corrected chi connectivity index (χ2v) is 3.51. The van der Waals surface area contributed by atoms with Gasteiger partial charge in [-0.2, -0.15) is 0 Å². The summed E-state index contributed by atoms with van der Waals surface area (Å²) in [5.74, 6) is 1.63. The molecule has 14 heavy (non-hydrogen) atoms. The molecule has 0 unspecified atom stereocenters. The van der Waals surface area contributed by atoms with Gasteiger partial charge in [0.05, 0.1) is 17.3 Å². The molecule has 4 nitrogen and oxygen atoms in total. The van der Waals surface area contributed by atoms with Crippen LogP contribution in [0.3, 0.4) is 0 Å². The molecule has 0 fully saturated rings. The van der Waals surface area contributed by atoms with Gasteiger partial charge in [0.2, 0.25) is 0 Å². The minimum absolute atomic E-state index is 0.614. The van der Waals surface area contributed by atoms with Crippen LogP contribution < -0.4 is 5.32 Å². The molecule has 2 rings (SSSR count). The summed E-state index contributed by atoms with van der Waals surface area (Å²) in [4.78, 5) is 7.94. The van der Waals surface area contributed by atoms with Crippen LogP contribution in [0.2, 0.25) is 0 Å². The van der Waals surface area contributed by atoms with Crippen molar-refractivity contribution in [1.29, 1.82) is 0 Å². The second-order valence-electron chi connectivity index (χ2n) is 2.65. The lowest BCUT2D eigenvalue weighted by molar-refractivity contribution is 0.517. The largest absolute Gasteiger partial charge is 0.467 e. The summed E-state index contributed by atoms with van der Waals surface area (Å²) in [6.45, 7) is 0.614. The van der Waals surface area contributed by atoms with Gasteiger partial charge in [0.15, 0.2) is 0 Å². The van der Waals surface area contributed by atoms with E-state index in [4.69, 9.17) is 4.42 Å². The van der Waals surface area contributed by atoms with Crippen molar-refractivity contribution < 1.29 is 4.42 Å². The van der Waals surface area contributed by atoms with Crippen LogP contribution in [0.1, 0.15) is 5.76 Å². The average Bonchev–Trinajstić information content (AvgIpc) is 2.69. The molecule has 2 aromatic rings. The Morgan fingerprint density at radius 3 is 3.14 bits per heavy atom. The lowest BCUT2D eigenvalue weighted by Crippen LogP contribution is -2.01. The van der Waals surface area contributed by atoms with Crippen molar-refractivity contribution >= 4 is 21.7 Å². The first-order chi connectivity index (χ1) is 6.86. The van der Waals surface area contributed by atoms with Gasteiger partial charge in [0.1, 0.15) is 17.9 Å². The Kier molecular flexibility index (Phi) is 2.78. The minimum Gasteiger partial charge on any atom is -0.467 e. The maximum absolute atomic E-state index is 5.17. The zero-order valence-corrected chi connectivity index (χ0v) is 8.86. The van der Waals surface area contributed by atoms with Crippen molar-refractivity contribution in [1.82, 2.24) is 9.97 Å². The van der Waals surface area contributed by atoms with Crippen molar-refractivity contribution in [2.45, 2.75) is 6.54 Å². The van der Waals surface area contributed by atoms with Crippen LogP contribution in [0.5, 0.6) is 0 Å². The number of halogens is 1. The summed E-state index contributed by atoms with van der Waals surface area (Å²) in [5.41, 5.74) is 0. The fourth-order valence-electron chi connectivity index (χ4n) is 1.03. The highest BCUT2D eigenvalue weighted by molar-refractivity contribution is 9.10. The summed E-state index contributed by atoms with van der Waals surface area (Å²) in [6, 6.07) is 3.76. The highest BCUT2D eigenvalue weighted by Gasteiger charge is 2.00. The van der Waals surface area contributed by atoms with Gasteiger partial charge in [0.25, 0.3) is 0 Å². The van der Waals surface area contributed by atoms with E-state index in [2.05, 4.69) is 31.2 Å². The topological polar surface area (TPSA) is 51.0 Å². The third-order valence-electron chi connectivity index (χ3n) is 1.68. The molecule has 0 amide bonds. The highest BCUT2D eigenvalue weighted by Crippen LogP contribution is 2.17. The van der Waals surface area contributed by atoms with Gasteiger partial charge in [-0.1, -0.05) is 0 Å². The first kappa shape index (κ1) is 9.21. The van der Waals surface area contributed by atoms with Crippen LogP contribution in [-0.2, 0) is 6.54 Å². The predicted molar refractivity (Wildman–Crippen MR) is 55.8 cm³/mol. The van der Waals surface area contributed by atoms with E-state index in [0.717, 1.165) is 16.1 Å². The average molecular weight is 254 g/mol. The molecule has 0 aliphatic heterocycles. The van der Waals surface area contributed by atoms with Crippen molar-refractivity contribution in [3.05, 3.63) is 41.2 Å². The van der Waals surface area contributed by atoms with E-state index in [0.29, 0.717) is 6.54 Å². The molecule has 0 aliphatic carbocycles. The molecule has 0 saturated heterocycles. The molecule has 2 heterocycles. The summed E-state index contributed by atoms with van der Waals surface area (Å²) in [7, 11) is 0. The van der Waals surface area contributed by atoms with Gasteiger partial charge in [-0.15, -0.1) is 0 Å². The van der Waals surface area contributed by atoms with E-state index < -0.39 is 0 Å². The van der Waals surface area contributed by atoms with Crippen LogP contribution in [0, 0.1) is 0 Å². The lowest BCUT2D eigenvalue weighted by atomic mass is 10.4. The van der Waals surface area contributed by atoms with Crippen molar-refractivity contribution in [3.63, 3.8) is 0 Å². The zero-order chi connectivity index (χ0) is 9.80. The summed E-state index contributed by atoms with van der Waals surface area (Å²) in [6.07, 6.45) is 4.83. The first-order valence-electron chi connectivity index (χ1n) is 4.08. The Bertz CT molecular complexity index is 402. The predicted octanol–water partition coefficient (Wildman–Crippen LogP) is 2.44. The van der Waals surface area contributed by atoms with E-state index in [9.17, 15) is 0 Å². The van der Waals surface area contributed by atoms with Gasteiger partial charge < -0.3 is 9.73 Å². The van der Waals surface area contributed by atoms with Crippen molar-refractivity contribution in [3.8, 4) is 0 Å². The van der Waals surface area contributed by atoms with E-state index in [1.54, 1.807) is 12.5 Å². The van der Waals surface area contributed by atoms with Gasteiger partial charge in [-0.05, 0) is 28.1 Å². The van der Waals surface area contributed by atoms with Gasteiger partial charge in [0, 0.05) is 6.20 Å². The quantitative estimate of drug-likeness (QED) is 0.913. The molecule has 0 aliphatic rings. The monoisotopic (exact) mass is 253 g/mol. The molecule has 2 aromatic heterocycles. The summed E-state index contributed by atoms with van der Waals surface area (Å²) < 4.78 is 6.01. The third kappa shape index (κ3) is 2.11. The number of hydrogen-bond donors (Lipinski definition) is 1. The maximum atomic E-state index is 5.17. The molecule has 0 spiro atoms. The molecule has 0 aromatic carbocycles. The number of rotatable bonds is 3. The Morgan fingerprint density at radius 1 is 1.50 bits per heavy atom. The Hall–Kier alpha value is -1.36. The van der Waals surface area contributed by atoms with E-state index in [1.165, 1.54) is 6.33 Å². The van der Waals surface area contributed by atoms with Crippen LogP contribution in [0.15, 0.2) is 39.8 Å². The highest BCUT2D eigenvalue weighted by atomic mass is 79.9. The normalized spacial score (nSPS) is 10.1. The molecule has 0 radical (unpaired) electrons.